The van der Waals surface area contributed by atoms with Crippen LogP contribution < -0.4 is 21.3 Å². The van der Waals surface area contributed by atoms with Crippen LogP contribution in [0.25, 0.3) is 0 Å². The predicted molar refractivity (Wildman–Crippen MR) is 239 cm³/mol. The topological polar surface area (TPSA) is 263 Å². The Morgan fingerprint density at radius 2 is 0.766 bits per heavy atom. The van der Waals surface area contributed by atoms with E-state index in [-0.39, 0.29) is 128 Å². The molecule has 372 valence electrons. The molecule has 0 unspecified atom stereocenters. The maximum atomic E-state index is 12.3. The predicted octanol–water partition coefficient (Wildman–Crippen LogP) is 3.87. The van der Waals surface area contributed by atoms with Gasteiger partial charge in [0.05, 0.1) is 66.1 Å². The van der Waals surface area contributed by atoms with Gasteiger partial charge in [-0.3, -0.25) is 28.8 Å². The van der Waals surface area contributed by atoms with Crippen molar-refractivity contribution in [1.29, 1.82) is 0 Å². The van der Waals surface area contributed by atoms with Crippen molar-refractivity contribution < 1.29 is 72.2 Å². The number of ether oxygens (including phenoxy) is 6. The summed E-state index contributed by atoms with van der Waals surface area (Å²) in [6.07, 6.45) is 18.5. The summed E-state index contributed by atoms with van der Waals surface area (Å²) >= 11 is 0. The molecule has 64 heavy (non-hydrogen) atoms. The van der Waals surface area contributed by atoms with Crippen LogP contribution >= 0.6 is 0 Å². The van der Waals surface area contributed by atoms with Gasteiger partial charge in [0.25, 0.3) is 0 Å². The number of ketones is 1. The minimum atomic E-state index is -1.18. The zero-order valence-electron chi connectivity index (χ0n) is 38.7. The summed E-state index contributed by atoms with van der Waals surface area (Å²) in [5, 5.41) is 28.8. The van der Waals surface area contributed by atoms with Crippen LogP contribution in [0.2, 0.25) is 0 Å². The molecule has 0 aliphatic rings. The molecule has 0 saturated heterocycles. The monoisotopic (exact) mass is 919 g/mol. The fraction of sp³-hybridized carbons (Fsp3) is 0.844. The van der Waals surface area contributed by atoms with E-state index in [9.17, 15) is 38.7 Å². The van der Waals surface area contributed by atoms with Crippen LogP contribution in [0.1, 0.15) is 142 Å². The van der Waals surface area contributed by atoms with E-state index in [1.54, 1.807) is 0 Å². The number of carboxylic acids is 2. The molecule has 0 spiro atoms. The summed E-state index contributed by atoms with van der Waals surface area (Å²) in [6, 6.07) is -1.13. The molecule has 0 fully saturated rings. The number of carbonyl (C=O) groups excluding carboxylic acids is 5. The minimum Gasteiger partial charge on any atom is -0.481 e. The maximum absolute atomic E-state index is 12.3. The Kier molecular flexibility index (Phi) is 43.1. The Hall–Kier alpha value is -3.75. The van der Waals surface area contributed by atoms with Crippen molar-refractivity contribution in [2.24, 2.45) is 0 Å². The molecule has 0 radical (unpaired) electrons. The van der Waals surface area contributed by atoms with E-state index in [0.29, 0.717) is 39.3 Å². The molecular formula is C45H82N4O15. The Balaban J connectivity index is 3.60. The zero-order chi connectivity index (χ0) is 47.1. The van der Waals surface area contributed by atoms with Gasteiger partial charge in [0, 0.05) is 45.3 Å². The molecule has 0 aliphatic heterocycles. The molecule has 0 saturated carbocycles. The van der Waals surface area contributed by atoms with E-state index >= 15 is 0 Å². The Morgan fingerprint density at radius 1 is 0.391 bits per heavy atom. The number of rotatable bonds is 49. The number of Topliss-reactive ketones (excluding diaryl/α,β-unsaturated/α-hetero) is 1. The van der Waals surface area contributed by atoms with Crippen molar-refractivity contribution in [2.45, 2.75) is 148 Å². The third-order valence-electron chi connectivity index (χ3n) is 9.67. The molecule has 0 rings (SSSR count). The summed E-state index contributed by atoms with van der Waals surface area (Å²) < 4.78 is 31.8. The lowest BCUT2D eigenvalue weighted by molar-refractivity contribution is -0.142. The van der Waals surface area contributed by atoms with E-state index in [1.807, 2.05) is 0 Å². The first-order valence-corrected chi connectivity index (χ1v) is 23.5. The molecule has 0 aliphatic carbocycles. The number of hydrogen-bond acceptors (Lipinski definition) is 13. The number of aliphatic carboxylic acids is 2. The molecule has 1 atom stereocenters. The number of carbonyl (C=O) groups is 7. The highest BCUT2D eigenvalue weighted by Gasteiger charge is 2.21. The average molecular weight is 919 g/mol. The van der Waals surface area contributed by atoms with Crippen molar-refractivity contribution >= 4 is 41.4 Å². The van der Waals surface area contributed by atoms with Crippen LogP contribution in [-0.4, -0.2) is 157 Å². The van der Waals surface area contributed by atoms with Gasteiger partial charge in [-0.2, -0.15) is 0 Å². The highest BCUT2D eigenvalue weighted by molar-refractivity contribution is 5.84. The molecule has 6 N–H and O–H groups in total. The molecule has 0 aromatic carbocycles. The second-order valence-electron chi connectivity index (χ2n) is 15.6. The van der Waals surface area contributed by atoms with E-state index in [2.05, 4.69) is 21.3 Å². The second kappa shape index (κ2) is 45.8. The van der Waals surface area contributed by atoms with Gasteiger partial charge in [0.2, 0.25) is 23.6 Å². The first-order valence-electron chi connectivity index (χ1n) is 23.5. The van der Waals surface area contributed by atoms with Crippen molar-refractivity contribution in [3.05, 3.63) is 0 Å². The summed E-state index contributed by atoms with van der Waals surface area (Å²) in [4.78, 5) is 81.2. The second-order valence-corrected chi connectivity index (χ2v) is 15.6. The summed E-state index contributed by atoms with van der Waals surface area (Å²) in [6.45, 7) is 4.93. The number of nitrogens with one attached hydrogen (secondary N) is 4. The number of hydrogen-bond donors (Lipinski definition) is 6. The first kappa shape index (κ1) is 60.2. The number of amides is 4. The highest BCUT2D eigenvalue weighted by Crippen LogP contribution is 2.14. The molecule has 0 aromatic rings. The Morgan fingerprint density at radius 3 is 1.20 bits per heavy atom. The lowest BCUT2D eigenvalue weighted by atomic mass is 10.0. The molecule has 0 aromatic heterocycles. The fourth-order valence-electron chi connectivity index (χ4n) is 6.16. The molecule has 0 bridgehead atoms. The van der Waals surface area contributed by atoms with Crippen molar-refractivity contribution in [2.75, 3.05) is 98.9 Å². The van der Waals surface area contributed by atoms with E-state index < -0.39 is 18.0 Å². The minimum absolute atomic E-state index is 0.0167. The van der Waals surface area contributed by atoms with Crippen LogP contribution in [0, 0.1) is 0 Å². The van der Waals surface area contributed by atoms with Crippen LogP contribution in [0.5, 0.6) is 0 Å². The van der Waals surface area contributed by atoms with E-state index in [0.717, 1.165) is 38.5 Å². The zero-order valence-corrected chi connectivity index (χ0v) is 38.7. The van der Waals surface area contributed by atoms with Crippen LogP contribution in [0.15, 0.2) is 0 Å². The molecule has 0 heterocycles. The van der Waals surface area contributed by atoms with Gasteiger partial charge in [0.1, 0.15) is 19.3 Å². The van der Waals surface area contributed by atoms with Gasteiger partial charge in [-0.05, 0) is 26.2 Å². The molecule has 4 amide bonds. The van der Waals surface area contributed by atoms with Crippen molar-refractivity contribution in [3.63, 3.8) is 0 Å². The highest BCUT2D eigenvalue weighted by atomic mass is 16.5. The quantitative estimate of drug-likeness (QED) is 0.0474. The number of carboxylic acid groups (broad SMARTS) is 2. The van der Waals surface area contributed by atoms with Gasteiger partial charge in [-0.25, -0.2) is 4.79 Å². The van der Waals surface area contributed by atoms with Gasteiger partial charge in [-0.1, -0.05) is 89.9 Å². The van der Waals surface area contributed by atoms with Crippen LogP contribution in [0.3, 0.4) is 0 Å². The summed E-state index contributed by atoms with van der Waals surface area (Å²) in [5.74, 6) is -3.07. The number of unbranched alkanes of at least 4 members (excludes halogenated alkanes) is 15. The van der Waals surface area contributed by atoms with E-state index in [1.165, 1.54) is 64.7 Å². The normalized spacial score (nSPS) is 11.5. The standard InChI is InChI=1S/C45H82N4O15/c1-38(50)36-63-34-32-62-29-25-48-43(54)37-64-35-33-61-28-24-47-41(52)22-26-59-30-31-60-27-23-46-40(51)21-20-39(45(57)58)49-42(53)18-16-14-12-10-8-6-4-2-3-5-7-9-11-13-15-17-19-44(55)56/h39H,2-37H2,1H3,(H,46,51)(H,47,52)(H,48,54)(H,49,53)(H,55,56)(H,57,58)/t39-/m0/s1. The van der Waals surface area contributed by atoms with Gasteiger partial charge in [0.15, 0.2) is 5.78 Å². The third-order valence-corrected chi connectivity index (χ3v) is 9.67. The average Bonchev–Trinajstić information content (AvgIpc) is 3.25. The van der Waals surface area contributed by atoms with Gasteiger partial charge in [-0.15, -0.1) is 0 Å². The lowest BCUT2D eigenvalue weighted by Gasteiger charge is -2.14. The third kappa shape index (κ3) is 46.2. The Labute approximate surface area is 380 Å². The molecule has 19 nitrogen and oxygen atoms in total. The first-order chi connectivity index (χ1) is 31.0. The van der Waals surface area contributed by atoms with Gasteiger partial charge < -0.3 is 59.9 Å². The lowest BCUT2D eigenvalue weighted by Crippen LogP contribution is -2.41. The maximum Gasteiger partial charge on any atom is 0.326 e. The molecular weight excluding hydrogens is 837 g/mol. The van der Waals surface area contributed by atoms with Crippen molar-refractivity contribution in [1.82, 2.24) is 21.3 Å². The van der Waals surface area contributed by atoms with Crippen LogP contribution in [-0.2, 0) is 62.0 Å². The SMILES string of the molecule is CC(=O)COCCOCCNC(=O)COCCOCCNC(=O)CCOCCOCCNC(=O)CC[C@H](NC(=O)CCCCCCCCCCCCCCCCCCC(=O)O)C(=O)O. The summed E-state index contributed by atoms with van der Waals surface area (Å²) in [5.41, 5.74) is 0. The Bertz CT molecular complexity index is 1230. The largest absolute Gasteiger partial charge is 0.481 e. The summed E-state index contributed by atoms with van der Waals surface area (Å²) in [7, 11) is 0. The van der Waals surface area contributed by atoms with E-state index in [4.69, 9.17) is 33.5 Å². The molecule has 19 heteroatoms. The van der Waals surface area contributed by atoms with Crippen molar-refractivity contribution in [3.8, 4) is 0 Å². The fourth-order valence-corrected chi connectivity index (χ4v) is 6.16. The smallest absolute Gasteiger partial charge is 0.326 e. The van der Waals surface area contributed by atoms with Crippen LogP contribution in [0.4, 0.5) is 0 Å². The van der Waals surface area contributed by atoms with Gasteiger partial charge >= 0.3 is 11.9 Å².